The minimum atomic E-state index is -1.12. The molecule has 0 heterocycles. The second-order valence-corrected chi connectivity index (χ2v) is 10.4. The van der Waals surface area contributed by atoms with E-state index in [-0.39, 0.29) is 18.4 Å². The van der Waals surface area contributed by atoms with Gasteiger partial charge in [-0.25, -0.2) is 4.79 Å². The summed E-state index contributed by atoms with van der Waals surface area (Å²) in [5.74, 6) is -1.01. The van der Waals surface area contributed by atoms with E-state index in [1.165, 1.54) is 4.90 Å². The molecule has 2 amide bonds. The van der Waals surface area contributed by atoms with E-state index in [0.717, 1.165) is 36.1 Å². The van der Waals surface area contributed by atoms with Crippen molar-refractivity contribution < 1.29 is 24.2 Å². The van der Waals surface area contributed by atoms with Gasteiger partial charge in [-0.3, -0.25) is 14.5 Å². The number of carbonyl (C=O) groups excluding carboxylic acids is 2. The number of rotatable bonds is 17. The van der Waals surface area contributed by atoms with Crippen molar-refractivity contribution in [2.75, 3.05) is 27.2 Å². The van der Waals surface area contributed by atoms with Crippen LogP contribution in [0.5, 0.6) is 5.75 Å². The van der Waals surface area contributed by atoms with Crippen LogP contribution in [0.4, 0.5) is 0 Å². The van der Waals surface area contributed by atoms with Crippen molar-refractivity contribution in [2.45, 2.75) is 77.1 Å². The average Bonchev–Trinajstić information content (AvgIpc) is 2.94. The molecular weight excluding hydrogens is 508 g/mol. The monoisotopic (exact) mass is 554 g/mol. The zero-order valence-corrected chi connectivity index (χ0v) is 24.5. The lowest BCUT2D eigenvalue weighted by Crippen LogP contribution is -2.55. The highest BCUT2D eigenvalue weighted by Gasteiger charge is 2.32. The summed E-state index contributed by atoms with van der Waals surface area (Å²) in [7, 11) is 3.47. The van der Waals surface area contributed by atoms with Crippen molar-refractivity contribution in [3.05, 3.63) is 65.7 Å². The zero-order valence-electron chi connectivity index (χ0n) is 24.5. The number of carboxylic acid groups (broad SMARTS) is 1. The molecule has 9 nitrogen and oxygen atoms in total. The summed E-state index contributed by atoms with van der Waals surface area (Å²) >= 11 is 0. The number of benzene rings is 2. The Morgan fingerprint density at radius 2 is 1.68 bits per heavy atom. The number of nitrogens with zero attached hydrogens (tertiary/aromatic N) is 2. The molecule has 0 saturated carbocycles. The van der Waals surface area contributed by atoms with Crippen LogP contribution in [-0.4, -0.2) is 84.1 Å². The van der Waals surface area contributed by atoms with Crippen LogP contribution in [0.15, 0.2) is 54.6 Å². The van der Waals surface area contributed by atoms with E-state index in [9.17, 15) is 19.5 Å². The lowest BCUT2D eigenvalue weighted by atomic mass is 10.0. The molecule has 4 N–H and O–H groups in total. The van der Waals surface area contributed by atoms with Crippen LogP contribution >= 0.6 is 0 Å². The van der Waals surface area contributed by atoms with Gasteiger partial charge in [-0.2, -0.15) is 0 Å². The number of nitrogens with two attached hydrogens (primary N) is 1. The van der Waals surface area contributed by atoms with Gasteiger partial charge in [-0.1, -0.05) is 61.9 Å². The molecule has 2 aromatic rings. The number of ether oxygens (including phenoxy) is 1. The van der Waals surface area contributed by atoms with E-state index >= 15 is 0 Å². The summed E-state index contributed by atoms with van der Waals surface area (Å²) in [5, 5.41) is 12.3. The fraction of sp³-hybridized carbons (Fsp3) is 0.516. The Labute approximate surface area is 238 Å². The molecular formula is C31H46N4O5. The fourth-order valence-corrected chi connectivity index (χ4v) is 4.65. The third-order valence-electron chi connectivity index (χ3n) is 7.08. The average molecular weight is 555 g/mol. The smallest absolute Gasteiger partial charge is 0.326 e. The number of aryl methyl sites for hydroxylation is 1. The van der Waals surface area contributed by atoms with Crippen molar-refractivity contribution in [1.82, 2.24) is 15.1 Å². The maximum absolute atomic E-state index is 13.6. The van der Waals surface area contributed by atoms with Gasteiger partial charge >= 0.3 is 5.97 Å². The van der Waals surface area contributed by atoms with Crippen LogP contribution in [0.2, 0.25) is 0 Å². The Balaban J connectivity index is 2.04. The third kappa shape index (κ3) is 9.95. The Hall–Kier alpha value is -3.43. The molecule has 0 fully saturated rings. The molecule has 0 aliphatic carbocycles. The second kappa shape index (κ2) is 16.6. The molecule has 0 aromatic heterocycles. The van der Waals surface area contributed by atoms with Crippen molar-refractivity contribution in [2.24, 2.45) is 5.73 Å². The van der Waals surface area contributed by atoms with E-state index in [1.54, 1.807) is 14.0 Å². The molecule has 0 radical (unpaired) electrons. The molecule has 2 rings (SSSR count). The van der Waals surface area contributed by atoms with E-state index in [0.29, 0.717) is 19.5 Å². The summed E-state index contributed by atoms with van der Waals surface area (Å²) in [6.45, 7) is 6.72. The Kier molecular flexibility index (Phi) is 13.6. The van der Waals surface area contributed by atoms with Crippen LogP contribution in [0.25, 0.3) is 0 Å². The molecule has 220 valence electrons. The quantitative estimate of drug-likeness (QED) is 0.274. The van der Waals surface area contributed by atoms with Crippen LogP contribution in [-0.2, 0) is 27.2 Å². The lowest BCUT2D eigenvalue weighted by molar-refractivity contribution is -0.145. The van der Waals surface area contributed by atoms with Gasteiger partial charge in [0.2, 0.25) is 11.8 Å². The normalized spacial score (nSPS) is 14.2. The first-order valence-corrected chi connectivity index (χ1v) is 14.1. The first kappa shape index (κ1) is 32.8. The number of carboxylic acids is 1. The van der Waals surface area contributed by atoms with Gasteiger partial charge in [0.1, 0.15) is 23.9 Å². The second-order valence-electron chi connectivity index (χ2n) is 10.4. The molecule has 2 aromatic carbocycles. The van der Waals surface area contributed by atoms with Crippen LogP contribution in [0, 0.1) is 0 Å². The largest absolute Gasteiger partial charge is 0.489 e. The predicted octanol–water partition coefficient (Wildman–Crippen LogP) is 3.10. The first-order chi connectivity index (χ1) is 19.1. The van der Waals surface area contributed by atoms with E-state index in [1.807, 2.05) is 80.4 Å². The molecule has 40 heavy (non-hydrogen) atoms. The number of hydrogen-bond donors (Lipinski definition) is 3. The van der Waals surface area contributed by atoms with Gasteiger partial charge in [0, 0.05) is 20.0 Å². The molecule has 0 saturated heterocycles. The van der Waals surface area contributed by atoms with Gasteiger partial charge in [0.05, 0.1) is 6.04 Å². The fourth-order valence-electron chi connectivity index (χ4n) is 4.65. The Morgan fingerprint density at radius 1 is 1.02 bits per heavy atom. The molecule has 0 aliphatic rings. The molecule has 0 aliphatic heterocycles. The van der Waals surface area contributed by atoms with Crippen molar-refractivity contribution in [1.29, 1.82) is 0 Å². The van der Waals surface area contributed by atoms with E-state index in [4.69, 9.17) is 10.5 Å². The predicted molar refractivity (Wildman–Crippen MR) is 157 cm³/mol. The maximum atomic E-state index is 13.6. The molecule has 0 bridgehead atoms. The SMILES string of the molecule is CCC[C@@H](C(=O)N(C)[C@H](C)C(=O)N[C@H](Cc1ccccc1)C(=O)O)N(C)C[C@H](C)Oc1ccccc1CCCN. The van der Waals surface area contributed by atoms with Crippen LogP contribution < -0.4 is 15.8 Å². The number of likely N-dealkylation sites (N-methyl/N-ethyl adjacent to an activating group) is 2. The van der Waals surface area contributed by atoms with E-state index in [2.05, 4.69) is 5.32 Å². The number of nitrogens with one attached hydrogen (secondary N) is 1. The Bertz CT molecular complexity index is 1080. The van der Waals surface area contributed by atoms with E-state index < -0.39 is 30.0 Å². The zero-order chi connectivity index (χ0) is 29.7. The maximum Gasteiger partial charge on any atom is 0.326 e. The molecule has 9 heteroatoms. The summed E-state index contributed by atoms with van der Waals surface area (Å²) < 4.78 is 6.26. The minimum absolute atomic E-state index is 0.154. The van der Waals surface area contributed by atoms with Crippen molar-refractivity contribution in [3.8, 4) is 5.75 Å². The Morgan fingerprint density at radius 3 is 2.30 bits per heavy atom. The summed E-state index contributed by atoms with van der Waals surface area (Å²) in [5.41, 5.74) is 7.59. The highest BCUT2D eigenvalue weighted by molar-refractivity contribution is 5.91. The highest BCUT2D eigenvalue weighted by Crippen LogP contribution is 2.21. The number of aliphatic carboxylic acids is 1. The third-order valence-corrected chi connectivity index (χ3v) is 7.08. The number of carbonyl (C=O) groups is 3. The first-order valence-electron chi connectivity index (χ1n) is 14.1. The standard InChI is InChI=1S/C31H46N4O5/c1-6-13-27(34(4)21-22(2)40-28-18-11-10-16-25(28)17-12-19-32)30(37)35(5)23(3)29(36)33-26(31(38)39)20-24-14-8-7-9-15-24/h7-11,14-16,18,22-23,26-27H,6,12-13,17,19-21,32H2,1-5H3,(H,33,36)(H,38,39)/t22-,23+,26+,27-/m0/s1. The minimum Gasteiger partial charge on any atom is -0.489 e. The number of amides is 2. The topological polar surface area (TPSA) is 125 Å². The summed E-state index contributed by atoms with van der Waals surface area (Å²) in [6, 6.07) is 14.6. The van der Waals surface area contributed by atoms with Crippen LogP contribution in [0.3, 0.4) is 0 Å². The van der Waals surface area contributed by atoms with Gasteiger partial charge in [0.15, 0.2) is 0 Å². The number of para-hydroxylation sites is 1. The summed E-state index contributed by atoms with van der Waals surface area (Å²) in [4.78, 5) is 41.8. The molecule has 0 unspecified atom stereocenters. The van der Waals surface area contributed by atoms with Gasteiger partial charge < -0.3 is 25.8 Å². The number of hydrogen-bond acceptors (Lipinski definition) is 6. The van der Waals surface area contributed by atoms with Crippen LogP contribution in [0.1, 0.15) is 51.2 Å². The lowest BCUT2D eigenvalue weighted by Gasteiger charge is -2.34. The van der Waals surface area contributed by atoms with Crippen molar-refractivity contribution in [3.63, 3.8) is 0 Å². The van der Waals surface area contributed by atoms with Crippen molar-refractivity contribution >= 4 is 17.8 Å². The summed E-state index contributed by atoms with van der Waals surface area (Å²) in [6.07, 6.45) is 3.08. The van der Waals surface area contributed by atoms with Gasteiger partial charge in [-0.15, -0.1) is 0 Å². The molecule has 0 spiro atoms. The van der Waals surface area contributed by atoms with Gasteiger partial charge in [0.25, 0.3) is 0 Å². The van der Waals surface area contributed by atoms with Gasteiger partial charge in [-0.05, 0) is 63.9 Å². The highest BCUT2D eigenvalue weighted by atomic mass is 16.5. The molecule has 4 atom stereocenters.